The van der Waals surface area contributed by atoms with Crippen LogP contribution in [0.3, 0.4) is 0 Å². The maximum absolute atomic E-state index is 12.4. The standard InChI is InChI=1S/C13H15ClN2O4/c14-10-2-1-3-11(8-10)16(9-12(17)18)13(19)15-4-6-20-7-5-15/h1-3,8H,4-7,9H2,(H,17,18). The van der Waals surface area contributed by atoms with Crippen LogP contribution in [0.5, 0.6) is 0 Å². The van der Waals surface area contributed by atoms with Gasteiger partial charge in [-0.1, -0.05) is 17.7 Å². The summed E-state index contributed by atoms with van der Waals surface area (Å²) in [6, 6.07) is 6.23. The molecule has 1 aliphatic rings. The Bertz CT molecular complexity index is 503. The Morgan fingerprint density at radius 1 is 1.35 bits per heavy atom. The molecule has 0 saturated carbocycles. The van der Waals surface area contributed by atoms with Gasteiger partial charge in [-0.15, -0.1) is 0 Å². The lowest BCUT2D eigenvalue weighted by molar-refractivity contribution is -0.135. The monoisotopic (exact) mass is 298 g/mol. The SMILES string of the molecule is O=C(O)CN(C(=O)N1CCOCC1)c1cccc(Cl)c1. The van der Waals surface area contributed by atoms with Crippen molar-refractivity contribution >= 4 is 29.3 Å². The summed E-state index contributed by atoms with van der Waals surface area (Å²) in [4.78, 5) is 26.2. The predicted octanol–water partition coefficient (Wildman–Crippen LogP) is 1.68. The Morgan fingerprint density at radius 2 is 2.05 bits per heavy atom. The molecular formula is C13H15ClN2O4. The summed E-state index contributed by atoms with van der Waals surface area (Å²) in [5, 5.41) is 9.44. The first-order chi connectivity index (χ1) is 9.58. The van der Waals surface area contributed by atoms with E-state index in [1.807, 2.05) is 0 Å². The van der Waals surface area contributed by atoms with Crippen LogP contribution in [0.2, 0.25) is 5.02 Å². The molecule has 0 radical (unpaired) electrons. The highest BCUT2D eigenvalue weighted by Crippen LogP contribution is 2.21. The maximum Gasteiger partial charge on any atom is 0.325 e. The van der Waals surface area contributed by atoms with Gasteiger partial charge in [-0.2, -0.15) is 0 Å². The molecule has 7 heteroatoms. The molecule has 0 aliphatic carbocycles. The van der Waals surface area contributed by atoms with Crippen LogP contribution >= 0.6 is 11.6 Å². The Hall–Kier alpha value is -1.79. The number of hydrogen-bond acceptors (Lipinski definition) is 3. The molecule has 0 aromatic heterocycles. The number of carboxylic acids is 1. The highest BCUT2D eigenvalue weighted by atomic mass is 35.5. The van der Waals surface area contributed by atoms with Gasteiger partial charge in [0, 0.05) is 23.8 Å². The van der Waals surface area contributed by atoms with E-state index < -0.39 is 12.5 Å². The van der Waals surface area contributed by atoms with E-state index in [-0.39, 0.29) is 6.03 Å². The lowest BCUT2D eigenvalue weighted by Gasteiger charge is -2.32. The zero-order chi connectivity index (χ0) is 14.5. The molecule has 6 nitrogen and oxygen atoms in total. The van der Waals surface area contributed by atoms with Crippen molar-refractivity contribution in [2.45, 2.75) is 0 Å². The summed E-state index contributed by atoms with van der Waals surface area (Å²) < 4.78 is 5.19. The second kappa shape index (κ2) is 6.58. The van der Waals surface area contributed by atoms with Crippen molar-refractivity contribution in [1.82, 2.24) is 4.90 Å². The first-order valence-corrected chi connectivity index (χ1v) is 6.57. The van der Waals surface area contributed by atoms with Crippen molar-refractivity contribution in [3.05, 3.63) is 29.3 Å². The van der Waals surface area contributed by atoms with Crippen LogP contribution in [-0.2, 0) is 9.53 Å². The molecule has 0 bridgehead atoms. The molecule has 1 N–H and O–H groups in total. The molecule has 20 heavy (non-hydrogen) atoms. The van der Waals surface area contributed by atoms with Gasteiger partial charge in [0.1, 0.15) is 6.54 Å². The first kappa shape index (κ1) is 14.6. The van der Waals surface area contributed by atoms with E-state index >= 15 is 0 Å². The van der Waals surface area contributed by atoms with Crippen LogP contribution in [0.15, 0.2) is 24.3 Å². The van der Waals surface area contributed by atoms with Gasteiger partial charge >= 0.3 is 12.0 Å². The predicted molar refractivity (Wildman–Crippen MR) is 74.2 cm³/mol. The average Bonchev–Trinajstić information content (AvgIpc) is 2.45. The molecule has 2 rings (SSSR count). The molecule has 1 fully saturated rings. The van der Waals surface area contributed by atoms with Gasteiger partial charge < -0.3 is 14.7 Å². The molecule has 1 aromatic rings. The molecular weight excluding hydrogens is 284 g/mol. The third-order valence-electron chi connectivity index (χ3n) is 2.93. The minimum absolute atomic E-state index is 0.349. The highest BCUT2D eigenvalue weighted by molar-refractivity contribution is 6.30. The fraction of sp³-hybridized carbons (Fsp3) is 0.385. The van der Waals surface area contributed by atoms with Gasteiger partial charge in [0.15, 0.2) is 0 Å². The summed E-state index contributed by atoms with van der Waals surface area (Å²) in [6.07, 6.45) is 0. The number of morpholine rings is 1. The number of carboxylic acid groups (broad SMARTS) is 1. The molecule has 1 heterocycles. The lowest BCUT2D eigenvalue weighted by Crippen LogP contribution is -2.49. The molecule has 0 atom stereocenters. The Balaban J connectivity index is 2.22. The maximum atomic E-state index is 12.4. The Kier molecular flexibility index (Phi) is 4.81. The van der Waals surface area contributed by atoms with Gasteiger partial charge in [-0.25, -0.2) is 4.79 Å². The quantitative estimate of drug-likeness (QED) is 0.922. The van der Waals surface area contributed by atoms with Gasteiger partial charge in [0.2, 0.25) is 0 Å². The molecule has 1 aromatic carbocycles. The molecule has 108 valence electrons. The zero-order valence-electron chi connectivity index (χ0n) is 10.8. The zero-order valence-corrected chi connectivity index (χ0v) is 11.5. The summed E-state index contributed by atoms with van der Waals surface area (Å²) in [7, 11) is 0. The summed E-state index contributed by atoms with van der Waals surface area (Å²) in [6.45, 7) is 1.42. The van der Waals surface area contributed by atoms with Crippen LogP contribution < -0.4 is 4.90 Å². The minimum Gasteiger partial charge on any atom is -0.480 e. The minimum atomic E-state index is -1.08. The summed E-state index contributed by atoms with van der Waals surface area (Å²) in [5.41, 5.74) is 0.469. The van der Waals surface area contributed by atoms with Crippen molar-refractivity contribution in [2.75, 3.05) is 37.7 Å². The summed E-state index contributed by atoms with van der Waals surface area (Å²) >= 11 is 5.90. The topological polar surface area (TPSA) is 70.1 Å². The van der Waals surface area contributed by atoms with Gasteiger partial charge in [-0.05, 0) is 18.2 Å². The molecule has 0 unspecified atom stereocenters. The molecule has 0 spiro atoms. The molecule has 1 aliphatic heterocycles. The van der Waals surface area contributed by atoms with E-state index in [1.54, 1.807) is 29.2 Å². The van der Waals surface area contributed by atoms with E-state index in [2.05, 4.69) is 0 Å². The number of urea groups is 1. The number of anilines is 1. The van der Waals surface area contributed by atoms with E-state index in [9.17, 15) is 9.59 Å². The van der Waals surface area contributed by atoms with E-state index in [0.29, 0.717) is 37.0 Å². The van der Waals surface area contributed by atoms with Crippen LogP contribution in [-0.4, -0.2) is 54.9 Å². The number of aliphatic carboxylic acids is 1. The number of rotatable bonds is 3. The largest absolute Gasteiger partial charge is 0.480 e. The van der Waals surface area contributed by atoms with Crippen LogP contribution in [0, 0.1) is 0 Å². The average molecular weight is 299 g/mol. The molecule has 1 saturated heterocycles. The molecule has 2 amide bonds. The number of carbonyl (C=O) groups is 2. The number of amides is 2. The van der Waals surface area contributed by atoms with Crippen LogP contribution in [0.25, 0.3) is 0 Å². The van der Waals surface area contributed by atoms with E-state index in [1.165, 1.54) is 4.90 Å². The second-order valence-corrected chi connectivity index (χ2v) is 4.78. The van der Waals surface area contributed by atoms with Gasteiger partial charge in [0.25, 0.3) is 0 Å². The fourth-order valence-electron chi connectivity index (χ4n) is 1.97. The van der Waals surface area contributed by atoms with E-state index in [0.717, 1.165) is 0 Å². The number of nitrogens with zero attached hydrogens (tertiary/aromatic N) is 2. The number of hydrogen-bond donors (Lipinski definition) is 1. The van der Waals surface area contributed by atoms with E-state index in [4.69, 9.17) is 21.4 Å². The number of benzene rings is 1. The van der Waals surface area contributed by atoms with Gasteiger partial charge in [0.05, 0.1) is 13.2 Å². The van der Waals surface area contributed by atoms with Crippen molar-refractivity contribution in [1.29, 1.82) is 0 Å². The van der Waals surface area contributed by atoms with Crippen molar-refractivity contribution in [3.8, 4) is 0 Å². The third-order valence-corrected chi connectivity index (χ3v) is 3.16. The Labute approximate surface area is 121 Å². The third kappa shape index (κ3) is 3.61. The number of halogens is 1. The van der Waals surface area contributed by atoms with Crippen LogP contribution in [0.1, 0.15) is 0 Å². The first-order valence-electron chi connectivity index (χ1n) is 6.19. The van der Waals surface area contributed by atoms with Crippen molar-refractivity contribution in [2.24, 2.45) is 0 Å². The highest BCUT2D eigenvalue weighted by Gasteiger charge is 2.25. The van der Waals surface area contributed by atoms with Gasteiger partial charge in [-0.3, -0.25) is 9.69 Å². The lowest BCUT2D eigenvalue weighted by atomic mass is 10.3. The number of carbonyl (C=O) groups excluding carboxylic acids is 1. The fourth-order valence-corrected chi connectivity index (χ4v) is 2.16. The van der Waals surface area contributed by atoms with Crippen molar-refractivity contribution < 1.29 is 19.4 Å². The Morgan fingerprint density at radius 3 is 2.65 bits per heavy atom. The normalized spacial score (nSPS) is 14.9. The van der Waals surface area contributed by atoms with Crippen LogP contribution in [0.4, 0.5) is 10.5 Å². The smallest absolute Gasteiger partial charge is 0.325 e. The number of ether oxygens (including phenoxy) is 1. The second-order valence-electron chi connectivity index (χ2n) is 4.34. The summed E-state index contributed by atoms with van der Waals surface area (Å²) in [5.74, 6) is -1.08. The van der Waals surface area contributed by atoms with Crippen molar-refractivity contribution in [3.63, 3.8) is 0 Å².